The Labute approximate surface area is 77.9 Å². The fraction of sp³-hybridized carbons (Fsp3) is 0.800. The normalized spacial score (nSPS) is 22.4. The maximum absolute atomic E-state index is 9.78. The van der Waals surface area contributed by atoms with Crippen LogP contribution in [0.4, 0.5) is 0 Å². The smallest absolute Gasteiger partial charge is 0.294 e. The van der Waals surface area contributed by atoms with Gasteiger partial charge in [0.15, 0.2) is 6.23 Å². The van der Waals surface area contributed by atoms with Crippen LogP contribution in [0.15, 0.2) is 0 Å². The zero-order chi connectivity index (χ0) is 6.53. The van der Waals surface area contributed by atoms with Gasteiger partial charge >= 0.3 is 0 Å². The van der Waals surface area contributed by atoms with Gasteiger partial charge in [-0.25, -0.2) is 0 Å². The highest BCUT2D eigenvalue weighted by Gasteiger charge is 2.10. The lowest BCUT2D eigenvalue weighted by Gasteiger charge is -2.22. The number of carbonyl (C=O) groups excluding carboxylic acids is 1. The van der Waals surface area contributed by atoms with Crippen molar-refractivity contribution in [2.75, 3.05) is 19.6 Å². The summed E-state index contributed by atoms with van der Waals surface area (Å²) in [4.78, 5) is 9.78. The average molecular weight is 203 g/mol. The molecule has 0 spiro atoms. The summed E-state index contributed by atoms with van der Waals surface area (Å²) in [5, 5.41) is 6.08. The van der Waals surface area contributed by atoms with Gasteiger partial charge in [-0.1, -0.05) is 0 Å². The Balaban J connectivity index is 0. The standard InChI is InChI=1S/C5H10N2O2.2ClH/c8-4-9-5-3-6-1-2-7-5;;/h4-7H,1-3H2;2*1H. The largest absolute Gasteiger partial charge is 0.447 e. The summed E-state index contributed by atoms with van der Waals surface area (Å²) in [7, 11) is 0. The molecule has 0 radical (unpaired) electrons. The number of halogens is 2. The minimum Gasteiger partial charge on any atom is -0.447 e. The number of ether oxygens (including phenoxy) is 1. The van der Waals surface area contributed by atoms with Crippen LogP contribution in [0.25, 0.3) is 0 Å². The zero-order valence-electron chi connectivity index (χ0n) is 5.91. The molecule has 0 bridgehead atoms. The maximum atomic E-state index is 9.78. The highest BCUT2D eigenvalue weighted by atomic mass is 35.5. The summed E-state index contributed by atoms with van der Waals surface area (Å²) in [5.74, 6) is 0. The molecule has 1 aliphatic heterocycles. The highest BCUT2D eigenvalue weighted by molar-refractivity contribution is 5.85. The summed E-state index contributed by atoms with van der Waals surface area (Å²) < 4.78 is 4.63. The first kappa shape index (κ1) is 13.6. The van der Waals surface area contributed by atoms with Crippen LogP contribution in [-0.2, 0) is 9.53 Å². The molecule has 6 heteroatoms. The molecule has 1 aliphatic rings. The number of rotatable bonds is 2. The van der Waals surface area contributed by atoms with E-state index in [-0.39, 0.29) is 31.0 Å². The summed E-state index contributed by atoms with van der Waals surface area (Å²) in [6.07, 6.45) is -0.128. The van der Waals surface area contributed by atoms with Crippen molar-refractivity contribution < 1.29 is 9.53 Å². The summed E-state index contributed by atoms with van der Waals surface area (Å²) >= 11 is 0. The second kappa shape index (κ2) is 8.07. The van der Waals surface area contributed by atoms with Crippen LogP contribution < -0.4 is 10.6 Å². The van der Waals surface area contributed by atoms with E-state index in [1.165, 1.54) is 0 Å². The van der Waals surface area contributed by atoms with Crippen LogP contribution >= 0.6 is 24.8 Å². The summed E-state index contributed by atoms with van der Waals surface area (Å²) in [6, 6.07) is 0. The molecular weight excluding hydrogens is 191 g/mol. The molecule has 0 aromatic heterocycles. The monoisotopic (exact) mass is 202 g/mol. The van der Waals surface area contributed by atoms with Gasteiger partial charge in [0.05, 0.1) is 0 Å². The second-order valence-electron chi connectivity index (χ2n) is 1.88. The molecule has 1 rings (SSSR count). The molecule has 1 fully saturated rings. The fourth-order valence-corrected chi connectivity index (χ4v) is 0.790. The lowest BCUT2D eigenvalue weighted by atomic mass is 10.4. The molecule has 0 aromatic carbocycles. The van der Waals surface area contributed by atoms with E-state index in [0.717, 1.165) is 13.1 Å². The van der Waals surface area contributed by atoms with Crippen molar-refractivity contribution >= 4 is 31.3 Å². The van der Waals surface area contributed by atoms with Crippen molar-refractivity contribution in [2.24, 2.45) is 0 Å². The first-order valence-electron chi connectivity index (χ1n) is 2.96. The molecule has 0 aliphatic carbocycles. The third-order valence-corrected chi connectivity index (χ3v) is 1.22. The molecule has 1 atom stereocenters. The molecular formula is C5H12Cl2N2O2. The van der Waals surface area contributed by atoms with Crippen molar-refractivity contribution in [3.63, 3.8) is 0 Å². The molecule has 1 saturated heterocycles. The molecule has 1 heterocycles. The third kappa shape index (κ3) is 5.26. The van der Waals surface area contributed by atoms with E-state index >= 15 is 0 Å². The Kier molecular flexibility index (Phi) is 9.94. The molecule has 1 unspecified atom stereocenters. The lowest BCUT2D eigenvalue weighted by Crippen LogP contribution is -2.49. The number of hydrogen-bond donors (Lipinski definition) is 2. The van der Waals surface area contributed by atoms with E-state index in [9.17, 15) is 4.79 Å². The molecule has 0 amide bonds. The molecule has 11 heavy (non-hydrogen) atoms. The van der Waals surface area contributed by atoms with Gasteiger partial charge in [-0.15, -0.1) is 24.8 Å². The second-order valence-corrected chi connectivity index (χ2v) is 1.88. The van der Waals surface area contributed by atoms with Crippen LogP contribution in [0.3, 0.4) is 0 Å². The molecule has 68 valence electrons. The van der Waals surface area contributed by atoms with E-state index in [1.807, 2.05) is 0 Å². The Bertz CT molecular complexity index is 98.5. The maximum Gasteiger partial charge on any atom is 0.294 e. The number of carbonyl (C=O) groups is 1. The van der Waals surface area contributed by atoms with Gasteiger partial charge in [0, 0.05) is 19.6 Å². The van der Waals surface area contributed by atoms with Crippen molar-refractivity contribution in [1.82, 2.24) is 10.6 Å². The minimum atomic E-state index is -0.128. The van der Waals surface area contributed by atoms with E-state index in [4.69, 9.17) is 0 Å². The number of nitrogens with one attached hydrogen (secondary N) is 2. The fourth-order valence-electron chi connectivity index (χ4n) is 0.790. The van der Waals surface area contributed by atoms with Gasteiger partial charge in [0.1, 0.15) is 0 Å². The van der Waals surface area contributed by atoms with Crippen LogP contribution in [-0.4, -0.2) is 32.3 Å². The van der Waals surface area contributed by atoms with Crippen molar-refractivity contribution in [2.45, 2.75) is 6.23 Å². The number of piperazine rings is 1. The van der Waals surface area contributed by atoms with Crippen LogP contribution in [0, 0.1) is 0 Å². The first-order valence-corrected chi connectivity index (χ1v) is 2.96. The SMILES string of the molecule is Cl.Cl.O=COC1CNCCN1. The van der Waals surface area contributed by atoms with E-state index in [1.54, 1.807) is 0 Å². The predicted octanol–water partition coefficient (Wildman–Crippen LogP) is -0.478. The van der Waals surface area contributed by atoms with Gasteiger partial charge in [-0.2, -0.15) is 0 Å². The van der Waals surface area contributed by atoms with Gasteiger partial charge in [-0.05, 0) is 0 Å². The van der Waals surface area contributed by atoms with Gasteiger partial charge in [-0.3, -0.25) is 10.1 Å². The average Bonchev–Trinajstić information content (AvgIpc) is 1.91. The minimum absolute atomic E-state index is 0. The third-order valence-electron chi connectivity index (χ3n) is 1.22. The number of hydrogen-bond acceptors (Lipinski definition) is 4. The van der Waals surface area contributed by atoms with Crippen LogP contribution in [0.5, 0.6) is 0 Å². The van der Waals surface area contributed by atoms with E-state index in [2.05, 4.69) is 15.4 Å². The van der Waals surface area contributed by atoms with Gasteiger partial charge < -0.3 is 10.1 Å². The van der Waals surface area contributed by atoms with Crippen molar-refractivity contribution in [1.29, 1.82) is 0 Å². The molecule has 0 saturated carbocycles. The Morgan fingerprint density at radius 1 is 1.36 bits per heavy atom. The van der Waals surface area contributed by atoms with Crippen LogP contribution in [0.2, 0.25) is 0 Å². The Morgan fingerprint density at radius 2 is 2.09 bits per heavy atom. The lowest BCUT2D eigenvalue weighted by molar-refractivity contribution is -0.135. The Hall–Kier alpha value is -0.0300. The molecule has 4 nitrogen and oxygen atoms in total. The van der Waals surface area contributed by atoms with Crippen molar-refractivity contribution in [3.8, 4) is 0 Å². The quantitative estimate of drug-likeness (QED) is 0.595. The topological polar surface area (TPSA) is 50.4 Å². The van der Waals surface area contributed by atoms with E-state index in [0.29, 0.717) is 13.0 Å². The van der Waals surface area contributed by atoms with Gasteiger partial charge in [0.25, 0.3) is 6.47 Å². The predicted molar refractivity (Wildman–Crippen MR) is 46.3 cm³/mol. The molecule has 2 N–H and O–H groups in total. The molecule has 0 aromatic rings. The first-order chi connectivity index (χ1) is 4.43. The zero-order valence-corrected chi connectivity index (χ0v) is 7.54. The van der Waals surface area contributed by atoms with Gasteiger partial charge in [0.2, 0.25) is 0 Å². The Morgan fingerprint density at radius 3 is 2.55 bits per heavy atom. The van der Waals surface area contributed by atoms with Crippen LogP contribution in [0.1, 0.15) is 0 Å². The summed E-state index contributed by atoms with van der Waals surface area (Å²) in [5.41, 5.74) is 0. The highest BCUT2D eigenvalue weighted by Crippen LogP contribution is 1.85. The summed E-state index contributed by atoms with van der Waals surface area (Å²) in [6.45, 7) is 2.97. The van der Waals surface area contributed by atoms with E-state index < -0.39 is 0 Å². The van der Waals surface area contributed by atoms with Crippen molar-refractivity contribution in [3.05, 3.63) is 0 Å².